The summed E-state index contributed by atoms with van der Waals surface area (Å²) in [5.41, 5.74) is 6.64. The van der Waals surface area contributed by atoms with Gasteiger partial charge in [0.25, 0.3) is 0 Å². The minimum Gasteiger partial charge on any atom is -0.462 e. The third-order valence-corrected chi connectivity index (χ3v) is 3.97. The zero-order valence-corrected chi connectivity index (χ0v) is 14.5. The number of anilines is 1. The zero-order valence-electron chi connectivity index (χ0n) is 14.5. The van der Waals surface area contributed by atoms with Gasteiger partial charge in [-0.25, -0.2) is 4.79 Å². The van der Waals surface area contributed by atoms with Gasteiger partial charge in [0.2, 0.25) is 0 Å². The molecule has 2 rings (SSSR count). The molecule has 1 fully saturated rings. The maximum Gasteiger partial charge on any atom is 0.351 e. The van der Waals surface area contributed by atoms with Crippen molar-refractivity contribution in [1.29, 1.82) is 0 Å². The van der Waals surface area contributed by atoms with Crippen LogP contribution >= 0.6 is 0 Å². The van der Waals surface area contributed by atoms with Gasteiger partial charge in [0.1, 0.15) is 31.0 Å². The molecule has 1 aliphatic rings. The molecule has 0 spiro atoms. The number of nitrogens with one attached hydrogen (secondary N) is 1. The van der Waals surface area contributed by atoms with E-state index in [1.54, 1.807) is 5.48 Å². The first-order chi connectivity index (χ1) is 12.2. The Kier molecular flexibility index (Phi) is 6.67. The molecule has 0 amide bonds. The van der Waals surface area contributed by atoms with Crippen LogP contribution in [0, 0.1) is 5.92 Å². The smallest absolute Gasteiger partial charge is 0.351 e. The molecule has 5 atom stereocenters. The molecule has 6 N–H and O–H groups in total. The Balaban J connectivity index is 2.01. The van der Waals surface area contributed by atoms with E-state index in [4.69, 9.17) is 20.4 Å². The van der Waals surface area contributed by atoms with Crippen molar-refractivity contribution < 1.29 is 29.7 Å². The first kappa shape index (κ1) is 20.3. The zero-order chi connectivity index (χ0) is 19.4. The number of rotatable bonds is 7. The number of nitrogens with zero attached hydrogens (tertiary/aromatic N) is 2. The number of ether oxygens (including phenoxy) is 2. The molecular formula is C15H24N4O7. The first-order valence-electron chi connectivity index (χ1n) is 8.17. The summed E-state index contributed by atoms with van der Waals surface area (Å²) in [6.07, 6.45) is -3.38. The van der Waals surface area contributed by atoms with Crippen molar-refractivity contribution in [3.63, 3.8) is 0 Å². The van der Waals surface area contributed by atoms with Crippen LogP contribution in [0.3, 0.4) is 0 Å². The van der Waals surface area contributed by atoms with Gasteiger partial charge in [-0.1, -0.05) is 13.8 Å². The van der Waals surface area contributed by atoms with E-state index in [-0.39, 0.29) is 18.3 Å². The Hall–Kier alpha value is -2.05. The Labute approximate surface area is 149 Å². The summed E-state index contributed by atoms with van der Waals surface area (Å²) in [5.74, 6) is -0.499. The molecule has 1 aromatic rings. The fourth-order valence-electron chi connectivity index (χ4n) is 2.64. The van der Waals surface area contributed by atoms with Gasteiger partial charge in [0, 0.05) is 6.20 Å². The number of hydrogen-bond acceptors (Lipinski definition) is 10. The third kappa shape index (κ3) is 4.56. The first-order valence-corrected chi connectivity index (χ1v) is 8.17. The molecule has 1 aliphatic heterocycles. The van der Waals surface area contributed by atoms with Gasteiger partial charge in [0.05, 0.1) is 0 Å². The molecule has 146 valence electrons. The highest BCUT2D eigenvalue weighted by Gasteiger charge is 2.44. The van der Waals surface area contributed by atoms with Crippen LogP contribution in [0.4, 0.5) is 5.82 Å². The molecule has 0 aliphatic carbocycles. The fourth-order valence-corrected chi connectivity index (χ4v) is 2.64. The minimum absolute atomic E-state index is 0.0797. The number of hydrogen-bond donors (Lipinski definition) is 5. The van der Waals surface area contributed by atoms with Gasteiger partial charge in [-0.05, 0) is 18.4 Å². The summed E-state index contributed by atoms with van der Waals surface area (Å²) < 4.78 is 11.5. The Morgan fingerprint density at radius 2 is 2.15 bits per heavy atom. The lowest BCUT2D eigenvalue weighted by molar-refractivity contribution is -0.152. The summed E-state index contributed by atoms with van der Waals surface area (Å²) in [7, 11) is 0. The lowest BCUT2D eigenvalue weighted by atomic mass is 10.1. The number of carbonyl (C=O) groups is 1. The highest BCUT2D eigenvalue weighted by atomic mass is 16.6. The number of aromatic nitrogens is 2. The van der Waals surface area contributed by atoms with E-state index in [1.165, 1.54) is 12.3 Å². The van der Waals surface area contributed by atoms with Crippen LogP contribution in [0.25, 0.3) is 0 Å². The Morgan fingerprint density at radius 3 is 2.73 bits per heavy atom. The second-order valence-electron chi connectivity index (χ2n) is 6.53. The lowest BCUT2D eigenvalue weighted by Gasteiger charge is -2.18. The number of aliphatic hydroxyl groups excluding tert-OH is 2. The van der Waals surface area contributed by atoms with E-state index in [2.05, 4.69) is 4.98 Å². The third-order valence-electron chi connectivity index (χ3n) is 3.97. The molecule has 11 heteroatoms. The molecule has 2 heterocycles. The topological polar surface area (TPSA) is 169 Å². The molecule has 0 bridgehead atoms. The van der Waals surface area contributed by atoms with Gasteiger partial charge >= 0.3 is 11.7 Å². The second kappa shape index (κ2) is 8.56. The lowest BCUT2D eigenvalue weighted by Crippen LogP contribution is -2.38. The molecule has 1 aromatic heterocycles. The van der Waals surface area contributed by atoms with Crippen LogP contribution in [-0.2, 0) is 14.3 Å². The normalized spacial score (nSPS) is 26.7. The molecule has 0 unspecified atom stereocenters. The number of nitrogens with two attached hydrogens (primary N) is 1. The molecule has 26 heavy (non-hydrogen) atoms. The van der Waals surface area contributed by atoms with Crippen LogP contribution in [-0.4, -0.2) is 61.9 Å². The van der Waals surface area contributed by atoms with Crippen molar-refractivity contribution in [2.75, 3.05) is 12.1 Å². The van der Waals surface area contributed by atoms with Crippen molar-refractivity contribution in [1.82, 2.24) is 9.55 Å². The van der Waals surface area contributed by atoms with Crippen LogP contribution < -0.4 is 16.9 Å². The van der Waals surface area contributed by atoms with Gasteiger partial charge in [-0.3, -0.25) is 20.0 Å². The standard InChI is InChI=1S/C15H24N4O7/c1-7(2)5-8(16)14(22)25-6-9-11(20)12(21)13(26-9)19-4-3-10(18-24)17-15(19)23/h3-4,7-9,11-13,20-21,24H,5-6,16H2,1-2H3,(H,17,18,23)/t8-,9-,11-,12-,13-/m1/s1. The van der Waals surface area contributed by atoms with Gasteiger partial charge < -0.3 is 25.4 Å². The predicted octanol–water partition coefficient (Wildman–Crippen LogP) is -1.42. The predicted molar refractivity (Wildman–Crippen MR) is 88.2 cm³/mol. The van der Waals surface area contributed by atoms with Crippen molar-refractivity contribution in [3.05, 3.63) is 22.7 Å². The summed E-state index contributed by atoms with van der Waals surface area (Å²) in [6.45, 7) is 3.51. The minimum atomic E-state index is -1.43. The van der Waals surface area contributed by atoms with E-state index in [0.717, 1.165) is 4.57 Å². The average molecular weight is 372 g/mol. The van der Waals surface area contributed by atoms with E-state index < -0.39 is 42.2 Å². The van der Waals surface area contributed by atoms with Crippen molar-refractivity contribution >= 4 is 11.8 Å². The van der Waals surface area contributed by atoms with Crippen LogP contribution in [0.2, 0.25) is 0 Å². The average Bonchev–Trinajstić information content (AvgIpc) is 2.87. The number of esters is 1. The van der Waals surface area contributed by atoms with Crippen LogP contribution in [0.1, 0.15) is 26.5 Å². The fraction of sp³-hybridized carbons (Fsp3) is 0.667. The maximum absolute atomic E-state index is 11.9. The van der Waals surface area contributed by atoms with E-state index in [9.17, 15) is 19.8 Å². The van der Waals surface area contributed by atoms with E-state index >= 15 is 0 Å². The highest BCUT2D eigenvalue weighted by molar-refractivity contribution is 5.75. The second-order valence-corrected chi connectivity index (χ2v) is 6.53. The summed E-state index contributed by atoms with van der Waals surface area (Å²) >= 11 is 0. The maximum atomic E-state index is 11.9. The van der Waals surface area contributed by atoms with Crippen molar-refractivity contribution in [2.24, 2.45) is 11.7 Å². The molecule has 0 saturated carbocycles. The Morgan fingerprint density at radius 1 is 1.46 bits per heavy atom. The summed E-state index contributed by atoms with van der Waals surface area (Å²) in [4.78, 5) is 27.3. The SMILES string of the molecule is CC(C)C[C@@H](N)C(=O)OC[C@H]1O[C@@H](n2ccc(NO)nc2=O)[C@H](O)[C@@H]1O. The van der Waals surface area contributed by atoms with Crippen molar-refractivity contribution in [3.8, 4) is 0 Å². The Bertz CT molecular complexity index is 680. The van der Waals surface area contributed by atoms with E-state index in [1.807, 2.05) is 13.8 Å². The van der Waals surface area contributed by atoms with E-state index in [0.29, 0.717) is 6.42 Å². The highest BCUT2D eigenvalue weighted by Crippen LogP contribution is 2.28. The molecule has 0 aromatic carbocycles. The monoisotopic (exact) mass is 372 g/mol. The molecule has 1 saturated heterocycles. The van der Waals surface area contributed by atoms with Gasteiger partial charge in [0.15, 0.2) is 12.0 Å². The van der Waals surface area contributed by atoms with Gasteiger partial charge in [-0.15, -0.1) is 0 Å². The number of aliphatic hydroxyl groups is 2. The number of carbonyl (C=O) groups excluding carboxylic acids is 1. The summed E-state index contributed by atoms with van der Waals surface area (Å²) in [6, 6.07) is 0.488. The molecular weight excluding hydrogens is 348 g/mol. The van der Waals surface area contributed by atoms with Crippen molar-refractivity contribution in [2.45, 2.75) is 50.8 Å². The molecule has 11 nitrogen and oxygen atoms in total. The van der Waals surface area contributed by atoms with Crippen LogP contribution in [0.5, 0.6) is 0 Å². The van der Waals surface area contributed by atoms with Crippen LogP contribution in [0.15, 0.2) is 17.1 Å². The quantitative estimate of drug-likeness (QED) is 0.283. The summed E-state index contributed by atoms with van der Waals surface area (Å²) in [5, 5.41) is 29.0. The van der Waals surface area contributed by atoms with Gasteiger partial charge in [-0.2, -0.15) is 4.98 Å². The largest absolute Gasteiger partial charge is 0.462 e. The molecule has 0 radical (unpaired) electrons.